The van der Waals surface area contributed by atoms with Crippen LogP contribution in [-0.4, -0.2) is 36.3 Å². The zero-order valence-corrected chi connectivity index (χ0v) is 13.2. The van der Waals surface area contributed by atoms with Crippen molar-refractivity contribution in [1.29, 1.82) is 0 Å². The van der Waals surface area contributed by atoms with Gasteiger partial charge in [-0.15, -0.1) is 11.8 Å². The molecular formula is C17H26N2S. The zero-order chi connectivity index (χ0) is 13.9. The summed E-state index contributed by atoms with van der Waals surface area (Å²) in [4.78, 5) is 4.16. The van der Waals surface area contributed by atoms with Crippen molar-refractivity contribution in [2.45, 2.75) is 43.0 Å². The molecule has 2 aliphatic heterocycles. The van der Waals surface area contributed by atoms with Crippen LogP contribution in [0.1, 0.15) is 37.7 Å². The molecule has 0 radical (unpaired) electrons. The first-order valence-corrected chi connectivity index (χ1v) is 8.96. The number of nitrogens with two attached hydrogens (primary N) is 1. The standard InChI is InChI=1S/C17H26N2S/c1-2-13-7-8-19(15(9-13)10-18)11-14-12-20-17-6-4-3-5-16(14)17/h3-6,13-15H,2,7-12,18H2,1H3. The summed E-state index contributed by atoms with van der Waals surface area (Å²) in [5, 5.41) is 0. The number of hydrogen-bond donors (Lipinski definition) is 1. The van der Waals surface area contributed by atoms with Gasteiger partial charge >= 0.3 is 0 Å². The molecule has 1 fully saturated rings. The summed E-state index contributed by atoms with van der Waals surface area (Å²) in [5.41, 5.74) is 7.59. The predicted octanol–water partition coefficient (Wildman–Crippen LogP) is 3.33. The Bertz CT molecular complexity index is 448. The van der Waals surface area contributed by atoms with Gasteiger partial charge < -0.3 is 5.73 Å². The van der Waals surface area contributed by atoms with Crippen molar-refractivity contribution in [2.75, 3.05) is 25.4 Å². The smallest absolute Gasteiger partial charge is 0.0221 e. The lowest BCUT2D eigenvalue weighted by Crippen LogP contribution is -2.48. The second-order valence-corrected chi connectivity index (χ2v) is 7.29. The van der Waals surface area contributed by atoms with E-state index in [1.54, 1.807) is 5.56 Å². The Morgan fingerprint density at radius 3 is 3.00 bits per heavy atom. The number of thioether (sulfide) groups is 1. The summed E-state index contributed by atoms with van der Waals surface area (Å²) in [6.07, 6.45) is 3.97. The van der Waals surface area contributed by atoms with Crippen LogP contribution in [0.5, 0.6) is 0 Å². The van der Waals surface area contributed by atoms with Crippen LogP contribution in [0.2, 0.25) is 0 Å². The van der Waals surface area contributed by atoms with E-state index in [2.05, 4.69) is 36.1 Å². The number of piperidine rings is 1. The van der Waals surface area contributed by atoms with Crippen molar-refractivity contribution in [2.24, 2.45) is 11.7 Å². The summed E-state index contributed by atoms with van der Waals surface area (Å²) >= 11 is 2.02. The molecule has 0 spiro atoms. The van der Waals surface area contributed by atoms with Crippen LogP contribution in [0.3, 0.4) is 0 Å². The molecule has 20 heavy (non-hydrogen) atoms. The summed E-state index contributed by atoms with van der Waals surface area (Å²) < 4.78 is 0. The second kappa shape index (κ2) is 6.50. The van der Waals surface area contributed by atoms with E-state index in [1.807, 2.05) is 11.8 Å². The van der Waals surface area contributed by atoms with Gasteiger partial charge in [0.25, 0.3) is 0 Å². The van der Waals surface area contributed by atoms with Crippen molar-refractivity contribution in [3.63, 3.8) is 0 Å². The van der Waals surface area contributed by atoms with Gasteiger partial charge in [0.2, 0.25) is 0 Å². The maximum absolute atomic E-state index is 6.03. The third-order valence-corrected chi connectivity index (χ3v) is 6.30. The quantitative estimate of drug-likeness (QED) is 0.922. The van der Waals surface area contributed by atoms with Gasteiger partial charge in [0.05, 0.1) is 0 Å². The maximum Gasteiger partial charge on any atom is 0.0221 e. The number of likely N-dealkylation sites (tertiary alicyclic amines) is 1. The van der Waals surface area contributed by atoms with Crippen LogP contribution >= 0.6 is 11.8 Å². The Morgan fingerprint density at radius 1 is 1.35 bits per heavy atom. The van der Waals surface area contributed by atoms with E-state index in [9.17, 15) is 0 Å². The lowest BCUT2D eigenvalue weighted by molar-refractivity contribution is 0.110. The molecule has 3 atom stereocenters. The van der Waals surface area contributed by atoms with E-state index in [0.29, 0.717) is 12.0 Å². The summed E-state index contributed by atoms with van der Waals surface area (Å²) in [6.45, 7) is 5.57. The molecule has 1 aromatic carbocycles. The summed E-state index contributed by atoms with van der Waals surface area (Å²) in [5.74, 6) is 2.83. The molecule has 2 aliphatic rings. The third kappa shape index (κ3) is 2.90. The number of benzene rings is 1. The number of rotatable bonds is 4. The molecular weight excluding hydrogens is 264 g/mol. The Morgan fingerprint density at radius 2 is 2.20 bits per heavy atom. The molecule has 2 N–H and O–H groups in total. The lowest BCUT2D eigenvalue weighted by Gasteiger charge is -2.40. The fraction of sp³-hybridized carbons (Fsp3) is 0.647. The Kier molecular flexibility index (Phi) is 4.69. The monoisotopic (exact) mass is 290 g/mol. The minimum atomic E-state index is 0.603. The molecule has 3 rings (SSSR count). The molecule has 3 heteroatoms. The van der Waals surface area contributed by atoms with Crippen LogP contribution in [0.4, 0.5) is 0 Å². The Labute approximate surface area is 127 Å². The maximum atomic E-state index is 6.03. The average molecular weight is 290 g/mol. The van der Waals surface area contributed by atoms with E-state index < -0.39 is 0 Å². The molecule has 3 unspecified atom stereocenters. The number of nitrogens with zero attached hydrogens (tertiary/aromatic N) is 1. The minimum Gasteiger partial charge on any atom is -0.329 e. The lowest BCUT2D eigenvalue weighted by atomic mass is 9.88. The highest BCUT2D eigenvalue weighted by atomic mass is 32.2. The van der Waals surface area contributed by atoms with Crippen LogP contribution in [0, 0.1) is 5.92 Å². The first-order valence-electron chi connectivity index (χ1n) is 7.97. The van der Waals surface area contributed by atoms with Gasteiger partial charge in [0.15, 0.2) is 0 Å². The van der Waals surface area contributed by atoms with E-state index in [4.69, 9.17) is 5.73 Å². The SMILES string of the molecule is CCC1CCN(CC2CSc3ccccc32)C(CN)C1. The van der Waals surface area contributed by atoms with Crippen molar-refractivity contribution in [1.82, 2.24) is 4.90 Å². The van der Waals surface area contributed by atoms with Gasteiger partial charge in [0, 0.05) is 35.7 Å². The largest absolute Gasteiger partial charge is 0.329 e. The Hall–Kier alpha value is -0.510. The number of hydrogen-bond acceptors (Lipinski definition) is 3. The molecule has 0 aliphatic carbocycles. The minimum absolute atomic E-state index is 0.603. The molecule has 2 nitrogen and oxygen atoms in total. The molecule has 0 saturated carbocycles. The van der Waals surface area contributed by atoms with Crippen molar-refractivity contribution >= 4 is 11.8 Å². The molecule has 2 heterocycles. The van der Waals surface area contributed by atoms with Gasteiger partial charge in [-0.3, -0.25) is 4.90 Å². The van der Waals surface area contributed by atoms with Crippen LogP contribution in [0.15, 0.2) is 29.2 Å². The molecule has 1 aromatic rings. The fourth-order valence-corrected chi connectivity index (χ4v) is 4.94. The van der Waals surface area contributed by atoms with E-state index >= 15 is 0 Å². The third-order valence-electron chi connectivity index (χ3n) is 5.05. The van der Waals surface area contributed by atoms with Gasteiger partial charge in [-0.05, 0) is 36.9 Å². The molecule has 1 saturated heterocycles. The first kappa shape index (κ1) is 14.4. The van der Waals surface area contributed by atoms with Crippen LogP contribution < -0.4 is 5.73 Å². The van der Waals surface area contributed by atoms with Gasteiger partial charge in [0.1, 0.15) is 0 Å². The van der Waals surface area contributed by atoms with E-state index in [0.717, 1.165) is 12.5 Å². The van der Waals surface area contributed by atoms with Gasteiger partial charge in [-0.2, -0.15) is 0 Å². The second-order valence-electron chi connectivity index (χ2n) is 6.23. The van der Waals surface area contributed by atoms with Gasteiger partial charge in [-0.25, -0.2) is 0 Å². The Balaban J connectivity index is 1.66. The highest BCUT2D eigenvalue weighted by Crippen LogP contribution is 2.40. The van der Waals surface area contributed by atoms with E-state index in [-0.39, 0.29) is 0 Å². The van der Waals surface area contributed by atoms with Crippen molar-refractivity contribution < 1.29 is 0 Å². The highest BCUT2D eigenvalue weighted by molar-refractivity contribution is 7.99. The molecule has 0 amide bonds. The average Bonchev–Trinajstić information content (AvgIpc) is 2.91. The highest BCUT2D eigenvalue weighted by Gasteiger charge is 2.31. The normalized spacial score (nSPS) is 30.4. The molecule has 0 aromatic heterocycles. The topological polar surface area (TPSA) is 29.3 Å². The summed E-state index contributed by atoms with van der Waals surface area (Å²) in [7, 11) is 0. The predicted molar refractivity (Wildman–Crippen MR) is 87.3 cm³/mol. The van der Waals surface area contributed by atoms with Crippen molar-refractivity contribution in [3.8, 4) is 0 Å². The van der Waals surface area contributed by atoms with Crippen LogP contribution in [-0.2, 0) is 0 Å². The fourth-order valence-electron chi connectivity index (χ4n) is 3.70. The molecule has 110 valence electrons. The molecule has 0 bridgehead atoms. The van der Waals surface area contributed by atoms with E-state index in [1.165, 1.54) is 43.0 Å². The zero-order valence-electron chi connectivity index (χ0n) is 12.4. The van der Waals surface area contributed by atoms with Gasteiger partial charge in [-0.1, -0.05) is 31.5 Å². The number of fused-ring (bicyclic) bond motifs is 1. The van der Waals surface area contributed by atoms with Crippen LogP contribution in [0.25, 0.3) is 0 Å². The summed E-state index contributed by atoms with van der Waals surface area (Å²) in [6, 6.07) is 9.52. The van der Waals surface area contributed by atoms with Crippen molar-refractivity contribution in [3.05, 3.63) is 29.8 Å². The first-order chi connectivity index (χ1) is 9.81.